The molecular formula is C15H17N3O3. The zero-order valence-electron chi connectivity index (χ0n) is 11.7. The Morgan fingerprint density at radius 3 is 3.00 bits per heavy atom. The average molecular weight is 287 g/mol. The molecule has 1 aliphatic rings. The Hall–Kier alpha value is -2.47. The van der Waals surface area contributed by atoms with Crippen molar-refractivity contribution in [1.29, 1.82) is 0 Å². The van der Waals surface area contributed by atoms with Crippen LogP contribution < -0.4 is 25.7 Å². The molecule has 2 heterocycles. The molecule has 2 aromatic rings. The highest BCUT2D eigenvalue weighted by molar-refractivity contribution is 5.74. The third-order valence-corrected chi connectivity index (χ3v) is 3.26. The van der Waals surface area contributed by atoms with E-state index in [4.69, 9.17) is 25.7 Å². The second-order valence-electron chi connectivity index (χ2n) is 4.75. The van der Waals surface area contributed by atoms with E-state index in [9.17, 15) is 0 Å². The minimum atomic E-state index is -0.165. The number of pyridine rings is 1. The number of hydrogen-bond acceptors (Lipinski definition) is 6. The van der Waals surface area contributed by atoms with Crippen LogP contribution in [-0.4, -0.2) is 31.3 Å². The summed E-state index contributed by atoms with van der Waals surface area (Å²) in [6.45, 7) is 0.835. The van der Waals surface area contributed by atoms with Crippen LogP contribution in [0.2, 0.25) is 0 Å². The number of nitrogen functional groups attached to an aromatic ring is 1. The van der Waals surface area contributed by atoms with Gasteiger partial charge in [-0.1, -0.05) is 6.07 Å². The molecule has 1 atom stereocenters. The molecule has 0 spiro atoms. The summed E-state index contributed by atoms with van der Waals surface area (Å²) >= 11 is 0. The molecule has 0 amide bonds. The summed E-state index contributed by atoms with van der Waals surface area (Å²) in [5, 5.41) is 0. The number of ether oxygens (including phenoxy) is 3. The SMILES string of the molecule is COc1cc(N)cc(-c2cccc3c2O[C@H](CN)CO3)n1. The van der Waals surface area contributed by atoms with Crippen LogP contribution in [0.15, 0.2) is 30.3 Å². The van der Waals surface area contributed by atoms with Gasteiger partial charge >= 0.3 is 0 Å². The largest absolute Gasteiger partial charge is 0.486 e. The van der Waals surface area contributed by atoms with Crippen LogP contribution in [0.25, 0.3) is 11.3 Å². The van der Waals surface area contributed by atoms with Gasteiger partial charge in [0.2, 0.25) is 5.88 Å². The molecule has 0 saturated carbocycles. The Balaban J connectivity index is 2.09. The van der Waals surface area contributed by atoms with Crippen LogP contribution in [0.5, 0.6) is 17.4 Å². The van der Waals surface area contributed by atoms with E-state index in [1.165, 1.54) is 0 Å². The Labute approximate surface area is 122 Å². The number of nitrogens with zero attached hydrogens (tertiary/aromatic N) is 1. The van der Waals surface area contributed by atoms with Crippen LogP contribution in [0, 0.1) is 0 Å². The predicted molar refractivity (Wildman–Crippen MR) is 79.6 cm³/mol. The number of nitrogens with two attached hydrogens (primary N) is 2. The molecule has 0 fully saturated rings. The molecule has 110 valence electrons. The van der Waals surface area contributed by atoms with Gasteiger partial charge in [0.25, 0.3) is 0 Å². The maximum absolute atomic E-state index is 5.91. The molecule has 21 heavy (non-hydrogen) atoms. The highest BCUT2D eigenvalue weighted by atomic mass is 16.6. The van der Waals surface area contributed by atoms with Crippen molar-refractivity contribution >= 4 is 5.69 Å². The van der Waals surface area contributed by atoms with Crippen molar-refractivity contribution < 1.29 is 14.2 Å². The third kappa shape index (κ3) is 2.57. The van der Waals surface area contributed by atoms with Crippen molar-refractivity contribution in [3.8, 4) is 28.6 Å². The summed E-state index contributed by atoms with van der Waals surface area (Å²) in [5.41, 5.74) is 13.6. The molecule has 1 aromatic heterocycles. The summed E-state index contributed by atoms with van der Waals surface area (Å²) in [5.74, 6) is 1.77. The quantitative estimate of drug-likeness (QED) is 0.887. The van der Waals surface area contributed by atoms with Crippen LogP contribution >= 0.6 is 0 Å². The molecule has 1 aromatic carbocycles. The number of fused-ring (bicyclic) bond motifs is 1. The summed E-state index contributed by atoms with van der Waals surface area (Å²) in [6.07, 6.45) is -0.165. The fourth-order valence-electron chi connectivity index (χ4n) is 2.22. The summed E-state index contributed by atoms with van der Waals surface area (Å²) in [6, 6.07) is 9.08. The number of aromatic nitrogens is 1. The molecule has 0 saturated heterocycles. The van der Waals surface area contributed by atoms with Crippen LogP contribution in [0.3, 0.4) is 0 Å². The lowest BCUT2D eigenvalue weighted by Gasteiger charge is -2.27. The standard InChI is InChI=1S/C15H17N3O3/c1-19-14-6-9(17)5-12(18-14)11-3-2-4-13-15(11)21-10(7-16)8-20-13/h2-6,10H,7-8,16H2,1H3,(H2,17,18)/t10-/m1/s1. The molecule has 6 heteroatoms. The number of para-hydroxylation sites is 1. The first kappa shape index (κ1) is 13.5. The van der Waals surface area contributed by atoms with E-state index >= 15 is 0 Å². The zero-order chi connectivity index (χ0) is 14.8. The summed E-state index contributed by atoms with van der Waals surface area (Å²) in [4.78, 5) is 4.41. The zero-order valence-corrected chi connectivity index (χ0v) is 11.7. The molecular weight excluding hydrogens is 270 g/mol. The van der Waals surface area contributed by atoms with Gasteiger partial charge in [0.1, 0.15) is 12.7 Å². The molecule has 0 unspecified atom stereocenters. The number of rotatable bonds is 3. The lowest BCUT2D eigenvalue weighted by Crippen LogP contribution is -2.35. The fraction of sp³-hybridized carbons (Fsp3) is 0.267. The molecule has 0 bridgehead atoms. The first-order valence-electron chi connectivity index (χ1n) is 6.65. The Kier molecular flexibility index (Phi) is 3.53. The number of anilines is 1. The van der Waals surface area contributed by atoms with Gasteiger partial charge in [0, 0.05) is 23.9 Å². The van der Waals surface area contributed by atoms with Crippen molar-refractivity contribution in [1.82, 2.24) is 4.98 Å². The van der Waals surface area contributed by atoms with E-state index < -0.39 is 0 Å². The second-order valence-corrected chi connectivity index (χ2v) is 4.75. The van der Waals surface area contributed by atoms with E-state index in [1.54, 1.807) is 19.2 Å². The highest BCUT2D eigenvalue weighted by Gasteiger charge is 2.23. The van der Waals surface area contributed by atoms with Crippen molar-refractivity contribution in [3.05, 3.63) is 30.3 Å². The topological polar surface area (TPSA) is 92.6 Å². The molecule has 3 rings (SSSR count). The smallest absolute Gasteiger partial charge is 0.215 e. The van der Waals surface area contributed by atoms with Crippen molar-refractivity contribution in [2.45, 2.75) is 6.10 Å². The van der Waals surface area contributed by atoms with Crippen LogP contribution in [-0.2, 0) is 0 Å². The van der Waals surface area contributed by atoms with E-state index in [0.717, 1.165) is 5.56 Å². The number of hydrogen-bond donors (Lipinski definition) is 2. The monoisotopic (exact) mass is 287 g/mol. The Morgan fingerprint density at radius 1 is 1.38 bits per heavy atom. The minimum absolute atomic E-state index is 0.165. The van der Waals surface area contributed by atoms with Gasteiger partial charge in [0.05, 0.1) is 12.8 Å². The van der Waals surface area contributed by atoms with Gasteiger partial charge in [-0.2, -0.15) is 0 Å². The maximum Gasteiger partial charge on any atom is 0.215 e. The molecule has 6 nitrogen and oxygen atoms in total. The first-order valence-corrected chi connectivity index (χ1v) is 6.65. The molecule has 4 N–H and O–H groups in total. The van der Waals surface area contributed by atoms with E-state index in [0.29, 0.717) is 41.9 Å². The van der Waals surface area contributed by atoms with Crippen LogP contribution in [0.1, 0.15) is 0 Å². The predicted octanol–water partition coefficient (Wildman–Crippen LogP) is 1.44. The Morgan fingerprint density at radius 2 is 2.24 bits per heavy atom. The summed E-state index contributed by atoms with van der Waals surface area (Å²) < 4.78 is 16.7. The highest BCUT2D eigenvalue weighted by Crippen LogP contribution is 2.41. The van der Waals surface area contributed by atoms with Gasteiger partial charge < -0.3 is 25.7 Å². The number of benzene rings is 1. The van der Waals surface area contributed by atoms with Crippen molar-refractivity contribution in [2.24, 2.45) is 5.73 Å². The van der Waals surface area contributed by atoms with Gasteiger partial charge in [-0.15, -0.1) is 0 Å². The number of methoxy groups -OCH3 is 1. The van der Waals surface area contributed by atoms with Crippen LogP contribution in [0.4, 0.5) is 5.69 Å². The average Bonchev–Trinajstić information content (AvgIpc) is 2.53. The third-order valence-electron chi connectivity index (χ3n) is 3.26. The van der Waals surface area contributed by atoms with E-state index in [-0.39, 0.29) is 6.10 Å². The fourth-order valence-corrected chi connectivity index (χ4v) is 2.22. The lowest BCUT2D eigenvalue weighted by molar-refractivity contribution is 0.0976. The van der Waals surface area contributed by atoms with E-state index in [1.807, 2.05) is 18.2 Å². The summed E-state index contributed by atoms with van der Waals surface area (Å²) in [7, 11) is 1.55. The molecule has 1 aliphatic heterocycles. The Bertz CT molecular complexity index is 661. The van der Waals surface area contributed by atoms with Gasteiger partial charge in [0.15, 0.2) is 11.5 Å². The molecule has 0 aliphatic carbocycles. The maximum atomic E-state index is 5.91. The van der Waals surface area contributed by atoms with Gasteiger partial charge in [-0.3, -0.25) is 0 Å². The van der Waals surface area contributed by atoms with Gasteiger partial charge in [-0.05, 0) is 18.2 Å². The minimum Gasteiger partial charge on any atom is -0.486 e. The van der Waals surface area contributed by atoms with Crippen molar-refractivity contribution in [3.63, 3.8) is 0 Å². The molecule has 0 radical (unpaired) electrons. The second kappa shape index (κ2) is 5.49. The van der Waals surface area contributed by atoms with Crippen molar-refractivity contribution in [2.75, 3.05) is 26.0 Å². The van der Waals surface area contributed by atoms with Gasteiger partial charge in [-0.25, -0.2) is 4.98 Å². The normalized spacial score (nSPS) is 16.6. The lowest BCUT2D eigenvalue weighted by atomic mass is 10.1. The first-order chi connectivity index (χ1) is 10.2. The van der Waals surface area contributed by atoms with E-state index in [2.05, 4.69) is 4.98 Å².